The lowest BCUT2D eigenvalue weighted by molar-refractivity contribution is -0.130. The molecule has 14 heavy (non-hydrogen) atoms. The lowest BCUT2D eigenvalue weighted by Crippen LogP contribution is -2.40. The van der Waals surface area contributed by atoms with E-state index in [2.05, 4.69) is 11.2 Å². The van der Waals surface area contributed by atoms with Crippen LogP contribution in [-0.4, -0.2) is 36.5 Å². The van der Waals surface area contributed by atoms with E-state index in [-0.39, 0.29) is 12.3 Å². The van der Waals surface area contributed by atoms with Gasteiger partial charge < -0.3 is 10.2 Å². The van der Waals surface area contributed by atoms with Gasteiger partial charge in [-0.25, -0.2) is 0 Å². The molecule has 0 aromatic heterocycles. The van der Waals surface area contributed by atoms with Gasteiger partial charge >= 0.3 is 0 Å². The predicted molar refractivity (Wildman–Crippen MR) is 56.7 cm³/mol. The largest absolute Gasteiger partial charge is 0.341 e. The van der Waals surface area contributed by atoms with Crippen molar-refractivity contribution in [3.05, 3.63) is 0 Å². The Labute approximate surface area is 85.9 Å². The van der Waals surface area contributed by atoms with Crippen LogP contribution < -0.4 is 5.32 Å². The average Bonchev–Trinajstić information content (AvgIpc) is 2.66. The van der Waals surface area contributed by atoms with E-state index in [1.807, 2.05) is 11.8 Å². The molecule has 3 heteroatoms. The van der Waals surface area contributed by atoms with Crippen LogP contribution in [0.1, 0.15) is 26.2 Å². The maximum atomic E-state index is 11.5. The van der Waals surface area contributed by atoms with E-state index in [1.54, 1.807) is 0 Å². The van der Waals surface area contributed by atoms with Gasteiger partial charge in [0.1, 0.15) is 0 Å². The molecular weight excluding hydrogens is 176 g/mol. The zero-order valence-electron chi connectivity index (χ0n) is 8.75. The van der Waals surface area contributed by atoms with E-state index < -0.39 is 0 Å². The highest BCUT2D eigenvalue weighted by atomic mass is 16.2. The third kappa shape index (κ3) is 3.04. The van der Waals surface area contributed by atoms with Crippen molar-refractivity contribution in [2.24, 2.45) is 0 Å². The van der Waals surface area contributed by atoms with Crippen molar-refractivity contribution in [1.29, 1.82) is 0 Å². The summed E-state index contributed by atoms with van der Waals surface area (Å²) in [5, 5.41) is 3.37. The Bertz CT molecular complexity index is 226. The molecule has 1 saturated heterocycles. The predicted octanol–water partition coefficient (Wildman–Crippen LogP) is 0.610. The lowest BCUT2D eigenvalue weighted by Gasteiger charge is -2.23. The number of hydrogen-bond donors (Lipinski definition) is 1. The number of terminal acetylenes is 1. The molecule has 0 aromatic carbocycles. The van der Waals surface area contributed by atoms with Crippen LogP contribution in [0.3, 0.4) is 0 Å². The fourth-order valence-corrected chi connectivity index (χ4v) is 1.78. The van der Waals surface area contributed by atoms with Crippen LogP contribution in [0.5, 0.6) is 0 Å². The Morgan fingerprint density at radius 1 is 1.71 bits per heavy atom. The van der Waals surface area contributed by atoms with Crippen molar-refractivity contribution in [2.45, 2.75) is 32.2 Å². The summed E-state index contributed by atoms with van der Waals surface area (Å²) in [6, 6.07) is 0.469. The summed E-state index contributed by atoms with van der Waals surface area (Å²) in [5.74, 6) is 2.47. The Hall–Kier alpha value is -1.01. The molecule has 1 atom stereocenters. The number of nitrogens with zero attached hydrogens (tertiary/aromatic N) is 1. The summed E-state index contributed by atoms with van der Waals surface area (Å²) in [5.41, 5.74) is 0. The zero-order chi connectivity index (χ0) is 10.4. The van der Waals surface area contributed by atoms with Gasteiger partial charge in [0.15, 0.2) is 0 Å². The topological polar surface area (TPSA) is 32.3 Å². The molecule has 1 aliphatic heterocycles. The van der Waals surface area contributed by atoms with Gasteiger partial charge in [0, 0.05) is 19.1 Å². The van der Waals surface area contributed by atoms with Crippen LogP contribution in [0.2, 0.25) is 0 Å². The molecule has 78 valence electrons. The second kappa shape index (κ2) is 5.66. The maximum Gasteiger partial charge on any atom is 0.234 e. The molecule has 1 N–H and O–H groups in total. The van der Waals surface area contributed by atoms with Crippen molar-refractivity contribution in [2.75, 3.05) is 19.6 Å². The summed E-state index contributed by atoms with van der Waals surface area (Å²) in [6.07, 6.45) is 7.72. The van der Waals surface area contributed by atoms with Gasteiger partial charge in [-0.05, 0) is 26.3 Å². The number of carbonyl (C=O) groups is 1. The summed E-state index contributed by atoms with van der Waals surface area (Å²) in [6.45, 7) is 4.62. The highest BCUT2D eigenvalue weighted by Gasteiger charge is 2.19. The van der Waals surface area contributed by atoms with Crippen LogP contribution >= 0.6 is 0 Å². The third-order valence-electron chi connectivity index (χ3n) is 2.59. The number of hydrogen-bond acceptors (Lipinski definition) is 2. The highest BCUT2D eigenvalue weighted by molar-refractivity contribution is 5.78. The van der Waals surface area contributed by atoms with Crippen molar-refractivity contribution in [3.63, 3.8) is 0 Å². The first-order valence-corrected chi connectivity index (χ1v) is 5.22. The second-order valence-electron chi connectivity index (χ2n) is 3.61. The lowest BCUT2D eigenvalue weighted by atomic mass is 10.2. The molecule has 1 fully saturated rings. The second-order valence-corrected chi connectivity index (χ2v) is 3.61. The summed E-state index contributed by atoms with van der Waals surface area (Å²) >= 11 is 0. The number of amides is 1. The van der Waals surface area contributed by atoms with E-state index in [4.69, 9.17) is 6.42 Å². The van der Waals surface area contributed by atoms with E-state index in [9.17, 15) is 4.79 Å². The van der Waals surface area contributed by atoms with Crippen molar-refractivity contribution >= 4 is 5.91 Å². The molecule has 1 amide bonds. The first-order chi connectivity index (χ1) is 6.77. The van der Waals surface area contributed by atoms with Crippen LogP contribution in [0.4, 0.5) is 0 Å². The highest BCUT2D eigenvalue weighted by Crippen LogP contribution is 2.07. The van der Waals surface area contributed by atoms with Gasteiger partial charge in [0.25, 0.3) is 0 Å². The molecule has 0 radical (unpaired) electrons. The van der Waals surface area contributed by atoms with Crippen LogP contribution in [0.15, 0.2) is 0 Å². The zero-order valence-corrected chi connectivity index (χ0v) is 8.75. The van der Waals surface area contributed by atoms with Gasteiger partial charge in [-0.2, -0.15) is 0 Å². The molecule has 1 aliphatic rings. The van der Waals surface area contributed by atoms with E-state index in [0.717, 1.165) is 19.6 Å². The van der Waals surface area contributed by atoms with Crippen LogP contribution in [0, 0.1) is 12.3 Å². The minimum atomic E-state index is 0.0729. The normalized spacial score (nSPS) is 20.4. The van der Waals surface area contributed by atoms with Crippen LogP contribution in [0.25, 0.3) is 0 Å². The van der Waals surface area contributed by atoms with Crippen molar-refractivity contribution in [3.8, 4) is 12.3 Å². The van der Waals surface area contributed by atoms with Gasteiger partial charge in [0.2, 0.25) is 5.91 Å². The summed E-state index contributed by atoms with van der Waals surface area (Å²) in [4.78, 5) is 13.4. The number of carbonyl (C=O) groups excluding carboxylic acids is 1. The first-order valence-electron chi connectivity index (χ1n) is 5.22. The Balaban J connectivity index is 2.37. The van der Waals surface area contributed by atoms with Gasteiger partial charge in [0.05, 0.1) is 6.42 Å². The standard InChI is InChI=1S/C11H18N2O/c1-3-6-11(14)13(4-2)9-10-7-5-8-12-10/h1,10,12H,4-9H2,2H3. The molecule has 1 unspecified atom stereocenters. The molecule has 0 bridgehead atoms. The molecule has 1 heterocycles. The fraction of sp³-hybridized carbons (Fsp3) is 0.727. The van der Waals surface area contributed by atoms with Crippen molar-refractivity contribution < 1.29 is 4.79 Å². The minimum Gasteiger partial charge on any atom is -0.341 e. The Morgan fingerprint density at radius 2 is 2.50 bits per heavy atom. The molecule has 0 spiro atoms. The molecule has 3 nitrogen and oxygen atoms in total. The SMILES string of the molecule is C#CCC(=O)N(CC)CC1CCCN1. The number of likely N-dealkylation sites (N-methyl/N-ethyl adjacent to an activating group) is 1. The van der Waals surface area contributed by atoms with Crippen LogP contribution in [-0.2, 0) is 4.79 Å². The summed E-state index contributed by atoms with van der Waals surface area (Å²) in [7, 11) is 0. The summed E-state index contributed by atoms with van der Waals surface area (Å²) < 4.78 is 0. The first kappa shape index (κ1) is 11.1. The number of rotatable bonds is 4. The molecule has 0 aromatic rings. The molecule has 1 rings (SSSR count). The third-order valence-corrected chi connectivity index (χ3v) is 2.59. The minimum absolute atomic E-state index is 0.0729. The van der Waals surface area contributed by atoms with E-state index in [1.165, 1.54) is 12.8 Å². The Morgan fingerprint density at radius 3 is 3.00 bits per heavy atom. The smallest absolute Gasteiger partial charge is 0.234 e. The van der Waals surface area contributed by atoms with Gasteiger partial charge in [-0.1, -0.05) is 5.92 Å². The van der Waals surface area contributed by atoms with E-state index in [0.29, 0.717) is 6.04 Å². The van der Waals surface area contributed by atoms with Crippen molar-refractivity contribution in [1.82, 2.24) is 10.2 Å². The van der Waals surface area contributed by atoms with Gasteiger partial charge in [-0.3, -0.25) is 4.79 Å². The van der Waals surface area contributed by atoms with E-state index >= 15 is 0 Å². The fourth-order valence-electron chi connectivity index (χ4n) is 1.78. The monoisotopic (exact) mass is 194 g/mol. The average molecular weight is 194 g/mol. The van der Waals surface area contributed by atoms with Gasteiger partial charge in [-0.15, -0.1) is 6.42 Å². The Kier molecular flexibility index (Phi) is 4.48. The molecule has 0 aliphatic carbocycles. The molecular formula is C11H18N2O. The maximum absolute atomic E-state index is 11.5. The molecule has 0 saturated carbocycles. The quantitative estimate of drug-likeness (QED) is 0.665. The number of nitrogens with one attached hydrogen (secondary N) is 1.